The third-order valence-corrected chi connectivity index (χ3v) is 4.88. The molecule has 1 aliphatic rings. The van der Waals surface area contributed by atoms with Crippen molar-refractivity contribution >= 4 is 17.5 Å². The average Bonchev–Trinajstić information content (AvgIpc) is 3.28. The SMILES string of the molecule is COC(CCc1ccc(Cl)cc1)CC(=O)NO.c1cnn(C2CCOCC2)c1. The first-order valence-corrected chi connectivity index (χ1v) is 9.77. The largest absolute Gasteiger partial charge is 0.381 e. The number of benzene rings is 1. The summed E-state index contributed by atoms with van der Waals surface area (Å²) < 4.78 is 12.5. The fourth-order valence-corrected chi connectivity index (χ4v) is 3.11. The number of methoxy groups -OCH3 is 1. The summed E-state index contributed by atoms with van der Waals surface area (Å²) in [4.78, 5) is 11.0. The Labute approximate surface area is 170 Å². The van der Waals surface area contributed by atoms with E-state index in [0.717, 1.165) is 38.0 Å². The second kappa shape index (κ2) is 12.5. The van der Waals surface area contributed by atoms with E-state index in [1.54, 1.807) is 12.6 Å². The highest BCUT2D eigenvalue weighted by molar-refractivity contribution is 6.30. The summed E-state index contributed by atoms with van der Waals surface area (Å²) in [5.41, 5.74) is 2.74. The topological polar surface area (TPSA) is 85.6 Å². The number of hydrogen-bond donors (Lipinski definition) is 2. The molecule has 154 valence electrons. The predicted molar refractivity (Wildman–Crippen MR) is 106 cm³/mol. The van der Waals surface area contributed by atoms with Crippen LogP contribution in [0.3, 0.4) is 0 Å². The van der Waals surface area contributed by atoms with Gasteiger partial charge >= 0.3 is 0 Å². The van der Waals surface area contributed by atoms with Gasteiger partial charge in [-0.15, -0.1) is 0 Å². The maximum Gasteiger partial charge on any atom is 0.245 e. The van der Waals surface area contributed by atoms with Crippen LogP contribution in [0.5, 0.6) is 0 Å². The second-order valence-corrected chi connectivity index (χ2v) is 7.03. The van der Waals surface area contributed by atoms with Crippen LogP contribution >= 0.6 is 11.6 Å². The molecule has 1 unspecified atom stereocenters. The van der Waals surface area contributed by atoms with E-state index < -0.39 is 5.91 Å². The Balaban J connectivity index is 0.000000218. The number of ether oxygens (including phenoxy) is 2. The molecule has 8 heteroatoms. The number of nitrogens with one attached hydrogen (secondary N) is 1. The second-order valence-electron chi connectivity index (χ2n) is 6.59. The molecule has 1 fully saturated rings. The summed E-state index contributed by atoms with van der Waals surface area (Å²) in [6, 6.07) is 10.1. The van der Waals surface area contributed by atoms with Gasteiger partial charge in [0.15, 0.2) is 0 Å². The summed E-state index contributed by atoms with van der Waals surface area (Å²) in [6.07, 6.45) is 7.52. The maximum atomic E-state index is 11.0. The van der Waals surface area contributed by atoms with Crippen molar-refractivity contribution in [3.05, 3.63) is 53.3 Å². The number of carbonyl (C=O) groups is 1. The molecular weight excluding hydrogens is 382 g/mol. The lowest BCUT2D eigenvalue weighted by Gasteiger charge is -2.22. The van der Waals surface area contributed by atoms with Gasteiger partial charge in [0.25, 0.3) is 0 Å². The molecule has 0 saturated carbocycles. The van der Waals surface area contributed by atoms with E-state index in [-0.39, 0.29) is 12.5 Å². The molecular formula is C20H28ClN3O4. The van der Waals surface area contributed by atoms with Crippen molar-refractivity contribution in [1.29, 1.82) is 0 Å². The van der Waals surface area contributed by atoms with Crippen molar-refractivity contribution in [3.63, 3.8) is 0 Å². The summed E-state index contributed by atoms with van der Waals surface area (Å²) in [5, 5.41) is 13.3. The molecule has 0 aliphatic carbocycles. The van der Waals surface area contributed by atoms with Gasteiger partial charge in [-0.05, 0) is 49.4 Å². The van der Waals surface area contributed by atoms with Crippen LogP contribution in [0.15, 0.2) is 42.7 Å². The van der Waals surface area contributed by atoms with Gasteiger partial charge in [0.1, 0.15) is 0 Å². The average molecular weight is 410 g/mol. The lowest BCUT2D eigenvalue weighted by atomic mass is 10.0. The Bertz CT molecular complexity index is 673. The number of carbonyl (C=O) groups excluding carboxylic acids is 1. The van der Waals surface area contributed by atoms with Crippen LogP contribution in [0, 0.1) is 0 Å². The highest BCUT2D eigenvalue weighted by Crippen LogP contribution is 2.18. The van der Waals surface area contributed by atoms with Crippen molar-refractivity contribution in [3.8, 4) is 0 Å². The summed E-state index contributed by atoms with van der Waals surface area (Å²) >= 11 is 5.78. The van der Waals surface area contributed by atoms with Crippen LogP contribution < -0.4 is 5.48 Å². The zero-order valence-electron chi connectivity index (χ0n) is 16.1. The molecule has 2 heterocycles. The number of aryl methyl sites for hydroxylation is 1. The van der Waals surface area contributed by atoms with E-state index in [4.69, 9.17) is 26.3 Å². The van der Waals surface area contributed by atoms with Crippen molar-refractivity contribution in [2.24, 2.45) is 0 Å². The Morgan fingerprint density at radius 1 is 1.39 bits per heavy atom. The Morgan fingerprint density at radius 3 is 2.68 bits per heavy atom. The number of rotatable bonds is 7. The van der Waals surface area contributed by atoms with E-state index in [1.165, 1.54) is 0 Å². The molecule has 1 amide bonds. The van der Waals surface area contributed by atoms with E-state index >= 15 is 0 Å². The van der Waals surface area contributed by atoms with Gasteiger partial charge in [-0.1, -0.05) is 23.7 Å². The smallest absolute Gasteiger partial charge is 0.245 e. The zero-order chi connectivity index (χ0) is 20.2. The van der Waals surface area contributed by atoms with Gasteiger partial charge in [0.05, 0.1) is 18.6 Å². The maximum absolute atomic E-state index is 11.0. The molecule has 0 radical (unpaired) electrons. The van der Waals surface area contributed by atoms with Crippen LogP contribution in [0.1, 0.15) is 37.3 Å². The first-order valence-electron chi connectivity index (χ1n) is 9.39. The summed E-state index contributed by atoms with van der Waals surface area (Å²) in [7, 11) is 1.55. The summed E-state index contributed by atoms with van der Waals surface area (Å²) in [5.74, 6) is -0.437. The Morgan fingerprint density at radius 2 is 2.11 bits per heavy atom. The fourth-order valence-electron chi connectivity index (χ4n) is 2.98. The molecule has 1 aliphatic heterocycles. The minimum atomic E-state index is -0.437. The highest BCUT2D eigenvalue weighted by Gasteiger charge is 2.15. The first-order chi connectivity index (χ1) is 13.6. The minimum absolute atomic E-state index is 0.153. The molecule has 1 saturated heterocycles. The number of aromatic nitrogens is 2. The molecule has 0 bridgehead atoms. The number of halogens is 1. The number of hydrogen-bond acceptors (Lipinski definition) is 5. The van der Waals surface area contributed by atoms with Gasteiger partial charge in [-0.3, -0.25) is 14.7 Å². The minimum Gasteiger partial charge on any atom is -0.381 e. The van der Waals surface area contributed by atoms with E-state index in [1.807, 2.05) is 47.4 Å². The lowest BCUT2D eigenvalue weighted by molar-refractivity contribution is -0.131. The van der Waals surface area contributed by atoms with E-state index in [0.29, 0.717) is 17.5 Å². The van der Waals surface area contributed by atoms with E-state index in [2.05, 4.69) is 5.10 Å². The quantitative estimate of drug-likeness (QED) is 0.540. The first kappa shape index (κ1) is 22.4. The van der Waals surface area contributed by atoms with Gasteiger partial charge in [0, 0.05) is 37.7 Å². The molecule has 2 N–H and O–H groups in total. The molecule has 1 aromatic heterocycles. The van der Waals surface area contributed by atoms with Crippen LogP contribution in [0.25, 0.3) is 0 Å². The monoisotopic (exact) mass is 409 g/mol. The molecule has 7 nitrogen and oxygen atoms in total. The summed E-state index contributed by atoms with van der Waals surface area (Å²) in [6.45, 7) is 1.76. The standard InChI is InChI=1S/C12H16ClNO3.C8H12N2O/c1-17-11(8-12(15)14-16)7-4-9-2-5-10(13)6-3-9;1-4-9-10(5-1)8-2-6-11-7-3-8/h2-3,5-6,11,16H,4,7-8H2,1H3,(H,14,15);1,4-5,8H,2-3,6-7H2. The normalized spacial score (nSPS) is 15.4. The van der Waals surface area contributed by atoms with Gasteiger partial charge in [-0.25, -0.2) is 5.48 Å². The molecule has 3 rings (SSSR count). The van der Waals surface area contributed by atoms with Crippen molar-refractivity contribution in [2.75, 3.05) is 20.3 Å². The van der Waals surface area contributed by atoms with Crippen LogP contribution in [-0.4, -0.2) is 47.3 Å². The predicted octanol–water partition coefficient (Wildman–Crippen LogP) is 3.42. The van der Waals surface area contributed by atoms with Gasteiger partial charge < -0.3 is 9.47 Å². The van der Waals surface area contributed by atoms with E-state index in [9.17, 15) is 4.79 Å². The van der Waals surface area contributed by atoms with Gasteiger partial charge in [0.2, 0.25) is 5.91 Å². The number of nitrogens with zero attached hydrogens (tertiary/aromatic N) is 2. The number of hydroxylamine groups is 1. The Hall–Kier alpha value is -1.93. The molecule has 0 spiro atoms. The van der Waals surface area contributed by atoms with Crippen LogP contribution in [-0.2, 0) is 20.7 Å². The third-order valence-electron chi connectivity index (χ3n) is 4.63. The lowest BCUT2D eigenvalue weighted by Crippen LogP contribution is -2.25. The molecule has 1 aromatic carbocycles. The molecule has 1 atom stereocenters. The van der Waals surface area contributed by atoms with Gasteiger partial charge in [-0.2, -0.15) is 5.10 Å². The Kier molecular flexibility index (Phi) is 9.99. The van der Waals surface area contributed by atoms with Crippen LogP contribution in [0.2, 0.25) is 5.02 Å². The zero-order valence-corrected chi connectivity index (χ0v) is 16.8. The number of amides is 1. The van der Waals surface area contributed by atoms with Crippen molar-refractivity contribution in [1.82, 2.24) is 15.3 Å². The highest BCUT2D eigenvalue weighted by atomic mass is 35.5. The third kappa shape index (κ3) is 7.98. The van der Waals surface area contributed by atoms with Crippen LogP contribution in [0.4, 0.5) is 0 Å². The fraction of sp³-hybridized carbons (Fsp3) is 0.500. The van der Waals surface area contributed by atoms with Crippen molar-refractivity contribution in [2.45, 2.75) is 44.2 Å². The molecule has 28 heavy (non-hydrogen) atoms. The van der Waals surface area contributed by atoms with Crippen molar-refractivity contribution < 1.29 is 19.5 Å². The molecule has 2 aromatic rings.